The first kappa shape index (κ1) is 19.3. The molecule has 2 fully saturated rings. The number of nitrogens with zero attached hydrogens (tertiary/aromatic N) is 1. The van der Waals surface area contributed by atoms with Crippen molar-refractivity contribution in [3.63, 3.8) is 0 Å². The number of amides is 2. The minimum absolute atomic E-state index is 0.0152. The fourth-order valence-electron chi connectivity index (χ4n) is 5.09. The molecule has 30 heavy (non-hydrogen) atoms. The van der Waals surface area contributed by atoms with E-state index in [1.54, 1.807) is 12.1 Å². The van der Waals surface area contributed by atoms with Crippen LogP contribution >= 0.6 is 11.6 Å². The van der Waals surface area contributed by atoms with Gasteiger partial charge in [0.2, 0.25) is 11.8 Å². The zero-order chi connectivity index (χ0) is 20.9. The molecule has 0 saturated carbocycles. The average Bonchev–Trinajstić information content (AvgIpc) is 3.30. The fourth-order valence-corrected chi connectivity index (χ4v) is 5.22. The second kappa shape index (κ2) is 6.96. The van der Waals surface area contributed by atoms with Crippen molar-refractivity contribution < 1.29 is 14.3 Å². The molecule has 3 aliphatic rings. The van der Waals surface area contributed by atoms with Gasteiger partial charge >= 0.3 is 0 Å². The van der Waals surface area contributed by atoms with E-state index in [9.17, 15) is 9.59 Å². The normalized spacial score (nSPS) is 31.3. The summed E-state index contributed by atoms with van der Waals surface area (Å²) in [7, 11) is 0. The molecular formula is C24H23ClN2O3. The van der Waals surface area contributed by atoms with E-state index in [0.717, 1.165) is 11.1 Å². The molecule has 4 atom stereocenters. The number of nitrogens with one attached hydrogen (secondary N) is 1. The van der Waals surface area contributed by atoms with Crippen molar-refractivity contribution in [2.45, 2.75) is 31.2 Å². The van der Waals surface area contributed by atoms with E-state index in [4.69, 9.17) is 16.3 Å². The Hall–Kier alpha value is -2.63. The second-order valence-corrected chi connectivity index (χ2v) is 8.99. The van der Waals surface area contributed by atoms with Gasteiger partial charge in [-0.2, -0.15) is 0 Å². The monoisotopic (exact) mass is 422 g/mol. The first-order chi connectivity index (χ1) is 14.4. The Labute approximate surface area is 180 Å². The summed E-state index contributed by atoms with van der Waals surface area (Å²) < 4.78 is 6.36. The van der Waals surface area contributed by atoms with Crippen LogP contribution in [0.4, 0.5) is 0 Å². The molecule has 3 heterocycles. The molecule has 0 aromatic heterocycles. The van der Waals surface area contributed by atoms with Crippen LogP contribution in [0.25, 0.3) is 0 Å². The van der Waals surface area contributed by atoms with Crippen molar-refractivity contribution in [2.24, 2.45) is 11.8 Å². The zero-order valence-corrected chi connectivity index (χ0v) is 17.4. The molecule has 1 spiro atoms. The average molecular weight is 423 g/mol. The van der Waals surface area contributed by atoms with Gasteiger partial charge in [-0.15, -0.1) is 0 Å². The molecule has 2 bridgehead atoms. The standard InChI is InChI=1S/C24H23ClN2O3/c1-23-11-12-24(30-23)15-27(14-17-5-3-2-4-6-17)22(29)20(24)19(23)21(28)26-13-16-7-9-18(25)10-8-16/h2-12,19-20H,13-15H2,1H3,(H,26,28)/t19?,20-,23-,24?/m0/s1. The van der Waals surface area contributed by atoms with Gasteiger partial charge in [0.1, 0.15) is 5.60 Å². The number of ether oxygens (including phenoxy) is 1. The van der Waals surface area contributed by atoms with Crippen molar-refractivity contribution >= 4 is 23.4 Å². The number of carbonyl (C=O) groups is 2. The molecule has 2 aromatic carbocycles. The summed E-state index contributed by atoms with van der Waals surface area (Å²) in [6, 6.07) is 17.2. The number of halogens is 1. The topological polar surface area (TPSA) is 58.6 Å². The molecule has 0 radical (unpaired) electrons. The summed E-state index contributed by atoms with van der Waals surface area (Å²) in [4.78, 5) is 28.4. The van der Waals surface area contributed by atoms with Gasteiger partial charge in [-0.1, -0.05) is 66.2 Å². The second-order valence-electron chi connectivity index (χ2n) is 8.55. The van der Waals surface area contributed by atoms with Crippen LogP contribution in [-0.4, -0.2) is 34.5 Å². The van der Waals surface area contributed by atoms with Crippen LogP contribution in [0, 0.1) is 11.8 Å². The summed E-state index contributed by atoms with van der Waals surface area (Å²) in [5.74, 6) is -1.22. The van der Waals surface area contributed by atoms with Crippen molar-refractivity contribution in [1.82, 2.24) is 10.2 Å². The lowest BCUT2D eigenvalue weighted by atomic mass is 9.72. The Morgan fingerprint density at radius 3 is 2.60 bits per heavy atom. The lowest BCUT2D eigenvalue weighted by Crippen LogP contribution is -2.47. The number of likely N-dealkylation sites (tertiary alicyclic amines) is 1. The molecule has 2 unspecified atom stereocenters. The lowest BCUT2D eigenvalue weighted by Gasteiger charge is -2.29. The first-order valence-corrected chi connectivity index (χ1v) is 10.5. The number of carbonyl (C=O) groups excluding carboxylic acids is 2. The Balaban J connectivity index is 1.35. The van der Waals surface area contributed by atoms with E-state index in [0.29, 0.717) is 24.7 Å². The van der Waals surface area contributed by atoms with Crippen LogP contribution in [0.2, 0.25) is 5.02 Å². The number of hydrogen-bond acceptors (Lipinski definition) is 3. The van der Waals surface area contributed by atoms with Crippen LogP contribution in [0.15, 0.2) is 66.7 Å². The molecule has 154 valence electrons. The van der Waals surface area contributed by atoms with Crippen LogP contribution in [0.1, 0.15) is 18.1 Å². The highest BCUT2D eigenvalue weighted by Gasteiger charge is 2.71. The number of fused-ring (bicyclic) bond motifs is 1. The highest BCUT2D eigenvalue weighted by atomic mass is 35.5. The van der Waals surface area contributed by atoms with E-state index < -0.39 is 23.0 Å². The molecule has 5 nitrogen and oxygen atoms in total. The van der Waals surface area contributed by atoms with E-state index in [2.05, 4.69) is 5.32 Å². The van der Waals surface area contributed by atoms with Crippen LogP contribution in [-0.2, 0) is 27.4 Å². The zero-order valence-electron chi connectivity index (χ0n) is 16.7. The smallest absolute Gasteiger partial charge is 0.230 e. The third-order valence-corrected chi connectivity index (χ3v) is 6.73. The number of benzene rings is 2. The summed E-state index contributed by atoms with van der Waals surface area (Å²) in [6.45, 7) is 3.27. The van der Waals surface area contributed by atoms with E-state index >= 15 is 0 Å². The van der Waals surface area contributed by atoms with E-state index in [-0.39, 0.29) is 11.8 Å². The van der Waals surface area contributed by atoms with Gasteiger partial charge in [0.15, 0.2) is 0 Å². The Bertz CT molecular complexity index is 1020. The summed E-state index contributed by atoms with van der Waals surface area (Å²) >= 11 is 5.93. The van der Waals surface area contributed by atoms with Gasteiger partial charge in [-0.25, -0.2) is 0 Å². The maximum absolute atomic E-state index is 13.4. The lowest BCUT2D eigenvalue weighted by molar-refractivity contribution is -0.139. The van der Waals surface area contributed by atoms with Crippen molar-refractivity contribution in [3.05, 3.63) is 82.9 Å². The van der Waals surface area contributed by atoms with Crippen molar-refractivity contribution in [2.75, 3.05) is 6.54 Å². The van der Waals surface area contributed by atoms with Crippen LogP contribution in [0.5, 0.6) is 0 Å². The molecule has 5 rings (SSSR count). The minimum Gasteiger partial charge on any atom is -0.357 e. The number of hydrogen-bond donors (Lipinski definition) is 1. The van der Waals surface area contributed by atoms with Gasteiger partial charge in [-0.05, 0) is 30.2 Å². The quantitative estimate of drug-likeness (QED) is 0.752. The molecule has 2 aromatic rings. The van der Waals surface area contributed by atoms with E-state index in [1.165, 1.54) is 0 Å². The van der Waals surface area contributed by atoms with Crippen LogP contribution < -0.4 is 5.32 Å². The number of rotatable bonds is 5. The molecule has 0 aliphatic carbocycles. The summed E-state index contributed by atoms with van der Waals surface area (Å²) in [6.07, 6.45) is 3.94. The molecule has 6 heteroatoms. The molecule has 1 N–H and O–H groups in total. The third-order valence-electron chi connectivity index (χ3n) is 6.48. The predicted octanol–water partition coefficient (Wildman–Crippen LogP) is 3.33. The molecule has 2 saturated heterocycles. The predicted molar refractivity (Wildman–Crippen MR) is 113 cm³/mol. The maximum atomic E-state index is 13.4. The minimum atomic E-state index is -0.761. The summed E-state index contributed by atoms with van der Waals surface area (Å²) in [5, 5.41) is 3.65. The SMILES string of the molecule is C[C@]12C=CC3(CN(Cc4ccccc4)C(=O)[C@@H]3C1C(=O)NCc1ccc(Cl)cc1)O2. The third kappa shape index (κ3) is 3.04. The largest absolute Gasteiger partial charge is 0.357 e. The molecule has 2 amide bonds. The van der Waals surface area contributed by atoms with Crippen molar-refractivity contribution in [3.8, 4) is 0 Å². The van der Waals surface area contributed by atoms with Gasteiger partial charge in [0.05, 0.1) is 24.0 Å². The van der Waals surface area contributed by atoms with Gasteiger partial charge < -0.3 is 15.0 Å². The van der Waals surface area contributed by atoms with Crippen molar-refractivity contribution in [1.29, 1.82) is 0 Å². The summed E-state index contributed by atoms with van der Waals surface area (Å²) in [5.41, 5.74) is 0.540. The van der Waals surface area contributed by atoms with Gasteiger partial charge in [0, 0.05) is 18.1 Å². The molecular weight excluding hydrogens is 400 g/mol. The highest BCUT2D eigenvalue weighted by molar-refractivity contribution is 6.30. The van der Waals surface area contributed by atoms with E-state index in [1.807, 2.05) is 66.4 Å². The molecule has 3 aliphatic heterocycles. The van der Waals surface area contributed by atoms with Gasteiger partial charge in [-0.3, -0.25) is 9.59 Å². The Morgan fingerprint density at radius 1 is 1.13 bits per heavy atom. The highest BCUT2D eigenvalue weighted by Crippen LogP contribution is 2.57. The van der Waals surface area contributed by atoms with Crippen LogP contribution in [0.3, 0.4) is 0 Å². The fraction of sp³-hybridized carbons (Fsp3) is 0.333. The maximum Gasteiger partial charge on any atom is 0.230 e. The first-order valence-electron chi connectivity index (χ1n) is 10.2. The Kier molecular flexibility index (Phi) is 4.49. The Morgan fingerprint density at radius 2 is 1.87 bits per heavy atom. The van der Waals surface area contributed by atoms with Gasteiger partial charge in [0.25, 0.3) is 0 Å².